The molecule has 1 saturated heterocycles. The Labute approximate surface area is 132 Å². The molecular weight excluding hydrogens is 284 g/mol. The van der Waals surface area contributed by atoms with E-state index in [1.807, 2.05) is 29.2 Å². The third-order valence-corrected chi connectivity index (χ3v) is 4.44. The largest absolute Gasteiger partial charge is 0.338 e. The highest BCUT2D eigenvalue weighted by Gasteiger charge is 2.23. The zero-order valence-electron chi connectivity index (χ0n) is 12.9. The molecule has 1 unspecified atom stereocenters. The number of carbonyl (C=O) groups is 1. The lowest BCUT2D eigenvalue weighted by atomic mass is 10.0. The van der Waals surface area contributed by atoms with Gasteiger partial charge in [-0.1, -0.05) is 36.2 Å². The van der Waals surface area contributed by atoms with Crippen LogP contribution in [0.5, 0.6) is 0 Å². The molecule has 0 aliphatic carbocycles. The van der Waals surface area contributed by atoms with E-state index in [9.17, 15) is 4.79 Å². The fraction of sp³-hybridized carbons (Fsp3) is 0.588. The van der Waals surface area contributed by atoms with Gasteiger partial charge >= 0.3 is 0 Å². The molecule has 0 bridgehead atoms. The highest BCUT2D eigenvalue weighted by atomic mass is 35.5. The molecule has 0 aromatic heterocycles. The second-order valence-corrected chi connectivity index (χ2v) is 6.46. The number of piperidine rings is 1. The maximum Gasteiger partial charge on any atom is 0.227 e. The number of hydrogen-bond donors (Lipinski definition) is 1. The molecule has 3 nitrogen and oxygen atoms in total. The number of hydrogen-bond acceptors (Lipinski definition) is 2. The van der Waals surface area contributed by atoms with Crippen LogP contribution in [0.4, 0.5) is 0 Å². The number of amides is 1. The van der Waals surface area contributed by atoms with Crippen LogP contribution in [-0.4, -0.2) is 36.0 Å². The summed E-state index contributed by atoms with van der Waals surface area (Å²) >= 11 is 6.16. The lowest BCUT2D eigenvalue weighted by Gasteiger charge is -2.33. The zero-order chi connectivity index (χ0) is 15.2. The molecule has 2 rings (SSSR count). The van der Waals surface area contributed by atoms with E-state index < -0.39 is 0 Å². The van der Waals surface area contributed by atoms with Crippen LogP contribution in [0, 0.1) is 0 Å². The third-order valence-electron chi connectivity index (χ3n) is 4.07. The maximum absolute atomic E-state index is 12.6. The molecule has 21 heavy (non-hydrogen) atoms. The first-order valence-electron chi connectivity index (χ1n) is 7.84. The van der Waals surface area contributed by atoms with Gasteiger partial charge in [0.25, 0.3) is 0 Å². The normalized spacial score (nSPS) is 18.8. The van der Waals surface area contributed by atoms with Crippen molar-refractivity contribution < 1.29 is 4.79 Å². The zero-order valence-corrected chi connectivity index (χ0v) is 13.7. The highest BCUT2D eigenvalue weighted by molar-refractivity contribution is 6.31. The summed E-state index contributed by atoms with van der Waals surface area (Å²) in [5.74, 6) is 0.158. The first-order chi connectivity index (χ1) is 10.1. The summed E-state index contributed by atoms with van der Waals surface area (Å²) in [7, 11) is 0. The monoisotopic (exact) mass is 308 g/mol. The topological polar surface area (TPSA) is 32.3 Å². The van der Waals surface area contributed by atoms with Gasteiger partial charge in [-0.2, -0.15) is 0 Å². The van der Waals surface area contributed by atoms with Crippen LogP contribution in [-0.2, 0) is 11.2 Å². The Morgan fingerprint density at radius 2 is 2.14 bits per heavy atom. The van der Waals surface area contributed by atoms with Crippen molar-refractivity contribution in [2.75, 3.05) is 13.1 Å². The minimum absolute atomic E-state index is 0.158. The van der Waals surface area contributed by atoms with Crippen molar-refractivity contribution in [2.24, 2.45) is 0 Å². The van der Waals surface area contributed by atoms with Crippen LogP contribution in [0.25, 0.3) is 0 Å². The number of benzene rings is 1. The van der Waals surface area contributed by atoms with E-state index >= 15 is 0 Å². The van der Waals surface area contributed by atoms with Crippen LogP contribution in [0.15, 0.2) is 24.3 Å². The van der Waals surface area contributed by atoms with Gasteiger partial charge in [-0.15, -0.1) is 0 Å². The molecule has 1 atom stereocenters. The molecule has 1 aliphatic heterocycles. The van der Waals surface area contributed by atoms with Crippen LogP contribution < -0.4 is 5.32 Å². The van der Waals surface area contributed by atoms with E-state index in [1.54, 1.807) is 0 Å². The molecule has 116 valence electrons. The van der Waals surface area contributed by atoms with Crippen molar-refractivity contribution in [1.82, 2.24) is 10.2 Å². The Bertz CT molecular complexity index is 470. The Hall–Kier alpha value is -1.06. The molecule has 0 spiro atoms. The molecule has 1 aliphatic rings. The van der Waals surface area contributed by atoms with Crippen LogP contribution in [0.3, 0.4) is 0 Å². The summed E-state index contributed by atoms with van der Waals surface area (Å²) < 4.78 is 0. The molecule has 1 aromatic carbocycles. The number of rotatable bonds is 5. The van der Waals surface area contributed by atoms with Gasteiger partial charge in [-0.05, 0) is 44.9 Å². The third kappa shape index (κ3) is 4.72. The SMILES string of the molecule is CC(C)N(CC1CCCCN1)C(=O)Cc1ccccc1Cl. The predicted octanol–water partition coefficient (Wildman–Crippen LogP) is 3.26. The van der Waals surface area contributed by atoms with Crippen molar-refractivity contribution in [2.45, 2.75) is 51.6 Å². The molecule has 1 heterocycles. The standard InChI is InChI=1S/C17H25ClN2O/c1-13(2)20(12-15-8-5-6-10-19-15)17(21)11-14-7-3-4-9-16(14)18/h3-4,7,9,13,15,19H,5-6,8,10-12H2,1-2H3. The van der Waals surface area contributed by atoms with Gasteiger partial charge in [-0.25, -0.2) is 0 Å². The Kier molecular flexibility index (Phi) is 6.07. The molecule has 4 heteroatoms. The molecular formula is C17H25ClN2O. The summed E-state index contributed by atoms with van der Waals surface area (Å²) in [6.45, 7) is 6.01. The average molecular weight is 309 g/mol. The second kappa shape index (κ2) is 7.81. The van der Waals surface area contributed by atoms with E-state index in [-0.39, 0.29) is 11.9 Å². The van der Waals surface area contributed by atoms with Gasteiger partial charge in [0.05, 0.1) is 6.42 Å². The van der Waals surface area contributed by atoms with Gasteiger partial charge in [0.1, 0.15) is 0 Å². The fourth-order valence-electron chi connectivity index (χ4n) is 2.82. The lowest BCUT2D eigenvalue weighted by molar-refractivity contribution is -0.132. The summed E-state index contributed by atoms with van der Waals surface area (Å²) in [6.07, 6.45) is 4.03. The van der Waals surface area contributed by atoms with E-state index in [1.165, 1.54) is 12.8 Å². The molecule has 1 N–H and O–H groups in total. The minimum atomic E-state index is 0.158. The Morgan fingerprint density at radius 1 is 1.38 bits per heavy atom. The predicted molar refractivity (Wildman–Crippen MR) is 87.6 cm³/mol. The highest BCUT2D eigenvalue weighted by Crippen LogP contribution is 2.18. The minimum Gasteiger partial charge on any atom is -0.338 e. The van der Waals surface area contributed by atoms with Gasteiger partial charge in [0.15, 0.2) is 0 Å². The van der Waals surface area contributed by atoms with Crippen molar-refractivity contribution in [3.8, 4) is 0 Å². The first kappa shape index (κ1) is 16.3. The molecule has 1 amide bonds. The smallest absolute Gasteiger partial charge is 0.227 e. The van der Waals surface area contributed by atoms with Crippen molar-refractivity contribution in [3.63, 3.8) is 0 Å². The molecule has 1 fully saturated rings. The van der Waals surface area contributed by atoms with Gasteiger partial charge < -0.3 is 10.2 Å². The Morgan fingerprint density at radius 3 is 2.76 bits per heavy atom. The fourth-order valence-corrected chi connectivity index (χ4v) is 3.03. The molecule has 1 aromatic rings. The summed E-state index contributed by atoms with van der Waals surface area (Å²) in [5.41, 5.74) is 0.909. The number of nitrogens with zero attached hydrogens (tertiary/aromatic N) is 1. The van der Waals surface area contributed by atoms with Crippen LogP contribution in [0.2, 0.25) is 5.02 Å². The second-order valence-electron chi connectivity index (χ2n) is 6.05. The molecule has 0 radical (unpaired) electrons. The van der Waals surface area contributed by atoms with Crippen molar-refractivity contribution in [1.29, 1.82) is 0 Å². The van der Waals surface area contributed by atoms with Crippen LogP contribution in [0.1, 0.15) is 38.7 Å². The lowest BCUT2D eigenvalue weighted by Crippen LogP contribution is -2.48. The van der Waals surface area contributed by atoms with Crippen molar-refractivity contribution in [3.05, 3.63) is 34.9 Å². The quantitative estimate of drug-likeness (QED) is 0.905. The summed E-state index contributed by atoms with van der Waals surface area (Å²) in [6, 6.07) is 8.23. The number of halogens is 1. The van der Waals surface area contributed by atoms with Gasteiger partial charge in [0, 0.05) is 23.7 Å². The first-order valence-corrected chi connectivity index (χ1v) is 8.22. The number of carbonyl (C=O) groups excluding carboxylic acids is 1. The Balaban J connectivity index is 2.00. The van der Waals surface area contributed by atoms with Gasteiger partial charge in [0.2, 0.25) is 5.91 Å². The maximum atomic E-state index is 12.6. The van der Waals surface area contributed by atoms with E-state index in [0.717, 1.165) is 25.1 Å². The van der Waals surface area contributed by atoms with Gasteiger partial charge in [-0.3, -0.25) is 4.79 Å². The summed E-state index contributed by atoms with van der Waals surface area (Å²) in [5, 5.41) is 4.19. The van der Waals surface area contributed by atoms with E-state index in [4.69, 9.17) is 11.6 Å². The van der Waals surface area contributed by atoms with E-state index in [0.29, 0.717) is 17.5 Å². The molecule has 0 saturated carbocycles. The van der Waals surface area contributed by atoms with E-state index in [2.05, 4.69) is 19.2 Å². The number of nitrogens with one attached hydrogen (secondary N) is 1. The summed E-state index contributed by atoms with van der Waals surface area (Å²) in [4.78, 5) is 14.6. The van der Waals surface area contributed by atoms with Crippen LogP contribution >= 0.6 is 11.6 Å². The van der Waals surface area contributed by atoms with Crippen molar-refractivity contribution >= 4 is 17.5 Å². The average Bonchev–Trinajstić information content (AvgIpc) is 2.48.